The third kappa shape index (κ3) is 4.59. The number of pyridine rings is 1. The van der Waals surface area contributed by atoms with Gasteiger partial charge >= 0.3 is 6.09 Å². The van der Waals surface area contributed by atoms with Crippen molar-refractivity contribution in [2.24, 2.45) is 0 Å². The van der Waals surface area contributed by atoms with Crippen LogP contribution in [0.1, 0.15) is 6.92 Å². The summed E-state index contributed by atoms with van der Waals surface area (Å²) in [5.41, 5.74) is 0. The van der Waals surface area contributed by atoms with Gasteiger partial charge in [0.25, 0.3) is 0 Å². The maximum Gasteiger partial charge on any atom is 0.413 e. The Morgan fingerprint density at radius 1 is 1.37 bits per heavy atom. The first-order valence-electron chi connectivity index (χ1n) is 5.44. The lowest BCUT2D eigenvalue weighted by atomic mass is 10.4. The fourth-order valence-corrected chi connectivity index (χ4v) is 1.38. The van der Waals surface area contributed by atoms with Gasteiger partial charge in [0.05, 0.1) is 20.8 Å². The molecule has 0 spiro atoms. The number of methoxy groups -OCH3 is 2. The molecule has 0 aliphatic carbocycles. The standard InChI is InChI=1S/C11H15N3O4S/c1-4-18-11(15)14-10(19)13-9-7(16-2)5-6-8(12-9)17-3/h5-6H,4H2,1-3H3,(H2,12,13,14,15,19). The highest BCUT2D eigenvalue weighted by molar-refractivity contribution is 7.80. The van der Waals surface area contributed by atoms with Gasteiger partial charge in [0, 0.05) is 6.07 Å². The Balaban J connectivity index is 2.74. The second kappa shape index (κ2) is 7.37. The van der Waals surface area contributed by atoms with Crippen molar-refractivity contribution in [3.05, 3.63) is 12.1 Å². The van der Waals surface area contributed by atoms with Crippen LogP contribution >= 0.6 is 12.2 Å². The summed E-state index contributed by atoms with van der Waals surface area (Å²) in [5, 5.41) is 5.12. The van der Waals surface area contributed by atoms with E-state index in [4.69, 9.17) is 26.4 Å². The molecule has 19 heavy (non-hydrogen) atoms. The highest BCUT2D eigenvalue weighted by Gasteiger charge is 2.10. The van der Waals surface area contributed by atoms with Gasteiger partial charge in [-0.25, -0.2) is 4.79 Å². The molecule has 0 fully saturated rings. The summed E-state index contributed by atoms with van der Waals surface area (Å²) in [6.45, 7) is 1.96. The molecule has 1 amide bonds. The number of nitrogens with one attached hydrogen (secondary N) is 2. The lowest BCUT2D eigenvalue weighted by Gasteiger charge is -2.12. The van der Waals surface area contributed by atoms with Crippen LogP contribution in [-0.4, -0.2) is 37.0 Å². The Hall–Kier alpha value is -2.09. The molecule has 2 N–H and O–H groups in total. The fraction of sp³-hybridized carbons (Fsp3) is 0.364. The van der Waals surface area contributed by atoms with Crippen LogP contribution < -0.4 is 20.1 Å². The molecule has 0 atom stereocenters. The molecule has 7 nitrogen and oxygen atoms in total. The SMILES string of the molecule is CCOC(=O)NC(=S)Nc1nc(OC)ccc1OC. The topological polar surface area (TPSA) is 81.7 Å². The first kappa shape index (κ1) is 15.0. The average Bonchev–Trinajstić information content (AvgIpc) is 2.38. The van der Waals surface area contributed by atoms with Crippen molar-refractivity contribution < 1.29 is 19.0 Å². The molecule has 1 rings (SSSR count). The minimum Gasteiger partial charge on any atom is -0.493 e. The number of alkyl carbamates (subject to hydrolysis) is 1. The van der Waals surface area contributed by atoms with Crippen molar-refractivity contribution in [3.63, 3.8) is 0 Å². The van der Waals surface area contributed by atoms with E-state index in [1.54, 1.807) is 19.1 Å². The van der Waals surface area contributed by atoms with E-state index in [0.717, 1.165) is 0 Å². The summed E-state index contributed by atoms with van der Waals surface area (Å²) in [6, 6.07) is 3.31. The van der Waals surface area contributed by atoms with Crippen LogP contribution in [0.25, 0.3) is 0 Å². The van der Waals surface area contributed by atoms with Gasteiger partial charge in [0.1, 0.15) is 0 Å². The monoisotopic (exact) mass is 285 g/mol. The highest BCUT2D eigenvalue weighted by atomic mass is 32.1. The Morgan fingerprint density at radius 3 is 2.68 bits per heavy atom. The summed E-state index contributed by atoms with van der Waals surface area (Å²) in [5.74, 6) is 1.19. The largest absolute Gasteiger partial charge is 0.493 e. The van der Waals surface area contributed by atoms with Crippen molar-refractivity contribution in [3.8, 4) is 11.6 Å². The van der Waals surface area contributed by atoms with Crippen LogP contribution in [0.15, 0.2) is 12.1 Å². The molecule has 0 bridgehead atoms. The van der Waals surface area contributed by atoms with Crippen LogP contribution in [0.4, 0.5) is 10.6 Å². The van der Waals surface area contributed by atoms with E-state index in [9.17, 15) is 4.79 Å². The fourth-order valence-electron chi connectivity index (χ4n) is 1.20. The number of amides is 1. The molecule has 0 radical (unpaired) electrons. The first-order valence-corrected chi connectivity index (χ1v) is 5.85. The molecule has 0 aromatic carbocycles. The van der Waals surface area contributed by atoms with E-state index in [0.29, 0.717) is 17.4 Å². The van der Waals surface area contributed by atoms with Crippen LogP contribution in [-0.2, 0) is 4.74 Å². The van der Waals surface area contributed by atoms with Gasteiger partial charge < -0.3 is 19.5 Å². The number of hydrogen-bond donors (Lipinski definition) is 2. The summed E-state index contributed by atoms with van der Waals surface area (Å²) >= 11 is 4.95. The number of aromatic nitrogens is 1. The Kier molecular flexibility index (Phi) is 5.80. The lowest BCUT2D eigenvalue weighted by molar-refractivity contribution is 0.158. The zero-order valence-electron chi connectivity index (χ0n) is 10.9. The van der Waals surface area contributed by atoms with Gasteiger partial charge in [0.15, 0.2) is 16.7 Å². The number of ether oxygens (including phenoxy) is 3. The van der Waals surface area contributed by atoms with Crippen molar-refractivity contribution >= 4 is 29.2 Å². The zero-order valence-corrected chi connectivity index (χ0v) is 11.7. The second-order valence-electron chi connectivity index (χ2n) is 3.20. The molecular weight excluding hydrogens is 270 g/mol. The lowest BCUT2D eigenvalue weighted by Crippen LogP contribution is -2.34. The molecule has 1 aromatic rings. The van der Waals surface area contributed by atoms with E-state index in [-0.39, 0.29) is 11.7 Å². The normalized spacial score (nSPS) is 9.42. The Morgan fingerprint density at radius 2 is 2.11 bits per heavy atom. The highest BCUT2D eigenvalue weighted by Crippen LogP contribution is 2.24. The van der Waals surface area contributed by atoms with E-state index >= 15 is 0 Å². The summed E-state index contributed by atoms with van der Waals surface area (Å²) in [7, 11) is 2.99. The molecule has 104 valence electrons. The minimum absolute atomic E-state index is 0.0532. The van der Waals surface area contributed by atoms with Gasteiger partial charge in [0.2, 0.25) is 5.88 Å². The van der Waals surface area contributed by atoms with Gasteiger partial charge in [-0.1, -0.05) is 0 Å². The quantitative estimate of drug-likeness (QED) is 0.812. The first-order chi connectivity index (χ1) is 9.10. The Labute approximate surface area is 116 Å². The number of nitrogens with zero attached hydrogens (tertiary/aromatic N) is 1. The molecule has 8 heteroatoms. The van der Waals surface area contributed by atoms with E-state index in [2.05, 4.69) is 15.6 Å². The molecule has 1 aromatic heterocycles. The zero-order chi connectivity index (χ0) is 14.3. The third-order valence-electron chi connectivity index (χ3n) is 1.98. The average molecular weight is 285 g/mol. The number of carbonyl (C=O) groups is 1. The van der Waals surface area contributed by atoms with Gasteiger partial charge in [-0.15, -0.1) is 0 Å². The van der Waals surface area contributed by atoms with Gasteiger partial charge in [-0.05, 0) is 25.2 Å². The van der Waals surface area contributed by atoms with Crippen molar-refractivity contribution in [1.82, 2.24) is 10.3 Å². The van der Waals surface area contributed by atoms with Crippen LogP contribution in [0, 0.1) is 0 Å². The number of carbonyl (C=O) groups excluding carboxylic acids is 1. The summed E-state index contributed by atoms with van der Waals surface area (Å²) < 4.78 is 14.8. The van der Waals surface area contributed by atoms with Crippen molar-refractivity contribution in [2.45, 2.75) is 6.92 Å². The molecular formula is C11H15N3O4S. The van der Waals surface area contributed by atoms with Gasteiger partial charge in [-0.3, -0.25) is 5.32 Å². The van der Waals surface area contributed by atoms with Crippen molar-refractivity contribution in [2.75, 3.05) is 26.1 Å². The number of anilines is 1. The predicted octanol–water partition coefficient (Wildman–Crippen LogP) is 1.54. The maximum absolute atomic E-state index is 11.2. The van der Waals surface area contributed by atoms with Crippen LogP contribution in [0.2, 0.25) is 0 Å². The molecule has 0 saturated heterocycles. The van der Waals surface area contributed by atoms with Crippen LogP contribution in [0.3, 0.4) is 0 Å². The molecule has 0 aliphatic heterocycles. The van der Waals surface area contributed by atoms with Crippen molar-refractivity contribution in [1.29, 1.82) is 0 Å². The summed E-state index contributed by atoms with van der Waals surface area (Å²) in [4.78, 5) is 15.3. The maximum atomic E-state index is 11.2. The van der Waals surface area contributed by atoms with E-state index < -0.39 is 6.09 Å². The summed E-state index contributed by atoms with van der Waals surface area (Å²) in [6.07, 6.45) is -0.637. The second-order valence-corrected chi connectivity index (χ2v) is 3.61. The molecule has 1 heterocycles. The van der Waals surface area contributed by atoms with Crippen LogP contribution in [0.5, 0.6) is 11.6 Å². The minimum atomic E-state index is -0.637. The number of rotatable bonds is 4. The van der Waals surface area contributed by atoms with Gasteiger partial charge in [-0.2, -0.15) is 4.98 Å². The third-order valence-corrected chi connectivity index (χ3v) is 2.19. The number of thiocarbonyl (C=S) groups is 1. The predicted molar refractivity (Wildman–Crippen MR) is 73.7 cm³/mol. The molecule has 0 unspecified atom stereocenters. The smallest absolute Gasteiger partial charge is 0.413 e. The molecule has 0 saturated carbocycles. The van der Waals surface area contributed by atoms with E-state index in [1.807, 2.05) is 0 Å². The van der Waals surface area contributed by atoms with E-state index in [1.165, 1.54) is 14.2 Å². The molecule has 0 aliphatic rings. The Bertz CT molecular complexity index is 467. The number of hydrogen-bond acceptors (Lipinski definition) is 6.